The van der Waals surface area contributed by atoms with Crippen LogP contribution in [0.4, 0.5) is 0 Å². The van der Waals surface area contributed by atoms with Crippen molar-refractivity contribution in [3.63, 3.8) is 0 Å². The Morgan fingerprint density at radius 2 is 2.40 bits per heavy atom. The smallest absolute Gasteiger partial charge is 0.162 e. The third kappa shape index (κ3) is 2.95. The van der Waals surface area contributed by atoms with Gasteiger partial charge in [-0.15, -0.1) is 11.3 Å². The first kappa shape index (κ1) is 13.8. The lowest BCUT2D eigenvalue weighted by Crippen LogP contribution is -2.42. The molecule has 2 aromatic rings. The van der Waals surface area contributed by atoms with E-state index in [2.05, 4.69) is 22.2 Å². The Balaban J connectivity index is 1.68. The van der Waals surface area contributed by atoms with E-state index in [0.29, 0.717) is 12.0 Å². The quantitative estimate of drug-likeness (QED) is 0.941. The van der Waals surface area contributed by atoms with Crippen LogP contribution in [0, 0.1) is 5.92 Å². The molecule has 1 aliphatic heterocycles. The van der Waals surface area contributed by atoms with Crippen molar-refractivity contribution >= 4 is 11.3 Å². The van der Waals surface area contributed by atoms with Crippen molar-refractivity contribution in [2.45, 2.75) is 32.4 Å². The summed E-state index contributed by atoms with van der Waals surface area (Å²) in [6, 6.07) is 4.38. The van der Waals surface area contributed by atoms with Crippen LogP contribution in [0.5, 0.6) is 0 Å². The lowest BCUT2D eigenvalue weighted by molar-refractivity contribution is 0.0763. The van der Waals surface area contributed by atoms with E-state index in [4.69, 9.17) is 4.42 Å². The van der Waals surface area contributed by atoms with Crippen LogP contribution in [0.3, 0.4) is 0 Å². The molecular formula is C15H20N2O2S. The van der Waals surface area contributed by atoms with E-state index in [-0.39, 0.29) is 6.61 Å². The summed E-state index contributed by atoms with van der Waals surface area (Å²) in [5, 5.41) is 12.4. The van der Waals surface area contributed by atoms with E-state index < -0.39 is 0 Å². The third-order valence-corrected chi connectivity index (χ3v) is 4.92. The molecular weight excluding hydrogens is 272 g/mol. The van der Waals surface area contributed by atoms with Crippen LogP contribution >= 0.6 is 11.3 Å². The first-order valence-electron chi connectivity index (χ1n) is 7.09. The number of hydrogen-bond acceptors (Lipinski definition) is 5. The molecule has 3 rings (SSSR count). The van der Waals surface area contributed by atoms with Gasteiger partial charge in [-0.2, -0.15) is 0 Å². The average molecular weight is 292 g/mol. The van der Waals surface area contributed by atoms with Gasteiger partial charge in [0.2, 0.25) is 0 Å². The largest absolute Gasteiger partial charge is 0.462 e. The fourth-order valence-corrected chi connectivity index (χ4v) is 3.51. The minimum Gasteiger partial charge on any atom is -0.462 e. The zero-order valence-electron chi connectivity index (χ0n) is 11.7. The minimum atomic E-state index is 0.290. The molecule has 2 unspecified atom stereocenters. The van der Waals surface area contributed by atoms with Crippen molar-refractivity contribution in [1.82, 2.24) is 9.88 Å². The zero-order chi connectivity index (χ0) is 13.9. The van der Waals surface area contributed by atoms with Crippen molar-refractivity contribution in [3.8, 4) is 10.8 Å². The van der Waals surface area contributed by atoms with Crippen LogP contribution in [0.2, 0.25) is 0 Å². The fraction of sp³-hybridized carbons (Fsp3) is 0.533. The van der Waals surface area contributed by atoms with Crippen LogP contribution < -0.4 is 0 Å². The lowest BCUT2D eigenvalue weighted by Gasteiger charge is -2.36. The summed E-state index contributed by atoms with van der Waals surface area (Å²) >= 11 is 1.62. The molecule has 1 fully saturated rings. The second-order valence-corrected chi connectivity index (χ2v) is 6.38. The number of aromatic nitrogens is 1. The maximum absolute atomic E-state index is 9.34. The monoisotopic (exact) mass is 292 g/mol. The minimum absolute atomic E-state index is 0.290. The van der Waals surface area contributed by atoms with Gasteiger partial charge < -0.3 is 9.52 Å². The standard InChI is InChI=1S/C15H20N2O2S/c1-11-4-5-12(9-18)7-17(11)8-13-10-20-15(16-13)14-3-2-6-19-14/h2-3,6,10-12,18H,4-5,7-9H2,1H3. The first-order chi connectivity index (χ1) is 9.76. The van der Waals surface area contributed by atoms with Crippen LogP contribution in [0.25, 0.3) is 10.8 Å². The van der Waals surface area contributed by atoms with Crippen molar-refractivity contribution in [2.75, 3.05) is 13.2 Å². The number of hydrogen-bond donors (Lipinski definition) is 1. The molecule has 0 bridgehead atoms. The average Bonchev–Trinajstić information content (AvgIpc) is 3.12. The van der Waals surface area contributed by atoms with Crippen molar-refractivity contribution < 1.29 is 9.52 Å². The fourth-order valence-electron chi connectivity index (χ4n) is 2.73. The molecule has 5 heteroatoms. The number of nitrogens with zero attached hydrogens (tertiary/aromatic N) is 2. The van der Waals surface area contributed by atoms with Crippen LogP contribution in [0.1, 0.15) is 25.5 Å². The highest BCUT2D eigenvalue weighted by atomic mass is 32.1. The highest BCUT2D eigenvalue weighted by molar-refractivity contribution is 7.13. The molecule has 2 aromatic heterocycles. The Morgan fingerprint density at radius 1 is 1.50 bits per heavy atom. The van der Waals surface area contributed by atoms with E-state index in [1.54, 1.807) is 17.6 Å². The van der Waals surface area contributed by atoms with E-state index in [1.807, 2.05) is 12.1 Å². The molecule has 0 amide bonds. The van der Waals surface area contributed by atoms with Crippen molar-refractivity contribution in [1.29, 1.82) is 0 Å². The third-order valence-electron chi connectivity index (χ3n) is 4.02. The van der Waals surface area contributed by atoms with Gasteiger partial charge in [0.1, 0.15) is 0 Å². The molecule has 3 heterocycles. The zero-order valence-corrected chi connectivity index (χ0v) is 12.5. The Labute approximate surface area is 123 Å². The first-order valence-corrected chi connectivity index (χ1v) is 7.97. The summed E-state index contributed by atoms with van der Waals surface area (Å²) < 4.78 is 5.38. The van der Waals surface area contributed by atoms with E-state index in [0.717, 1.165) is 42.4 Å². The Morgan fingerprint density at radius 3 is 3.15 bits per heavy atom. The van der Waals surface area contributed by atoms with Crippen molar-refractivity contribution in [2.24, 2.45) is 5.92 Å². The van der Waals surface area contributed by atoms with Gasteiger partial charge in [-0.3, -0.25) is 4.90 Å². The van der Waals surface area contributed by atoms with Gasteiger partial charge in [0.25, 0.3) is 0 Å². The molecule has 0 saturated carbocycles. The molecule has 20 heavy (non-hydrogen) atoms. The summed E-state index contributed by atoms with van der Waals surface area (Å²) in [6.45, 7) is 4.37. The lowest BCUT2D eigenvalue weighted by atomic mass is 9.94. The number of aliphatic hydroxyl groups is 1. The molecule has 0 radical (unpaired) electrons. The molecule has 1 saturated heterocycles. The summed E-state index contributed by atoms with van der Waals surface area (Å²) in [6.07, 6.45) is 3.96. The maximum Gasteiger partial charge on any atom is 0.162 e. The predicted molar refractivity (Wildman–Crippen MR) is 79.5 cm³/mol. The Bertz CT molecular complexity index is 538. The van der Waals surface area contributed by atoms with Gasteiger partial charge in [0.15, 0.2) is 10.8 Å². The van der Waals surface area contributed by atoms with Crippen LogP contribution in [0.15, 0.2) is 28.2 Å². The SMILES string of the molecule is CC1CCC(CO)CN1Cc1csc(-c2ccco2)n1. The normalized spacial score (nSPS) is 24.1. The second kappa shape index (κ2) is 6.08. The van der Waals surface area contributed by atoms with E-state index in [1.165, 1.54) is 0 Å². The molecule has 0 aromatic carbocycles. The summed E-state index contributed by atoms with van der Waals surface area (Å²) in [7, 11) is 0. The molecule has 1 aliphatic rings. The predicted octanol–water partition coefficient (Wildman–Crippen LogP) is 3.00. The Kier molecular flexibility index (Phi) is 4.19. The second-order valence-electron chi connectivity index (χ2n) is 5.53. The van der Waals surface area contributed by atoms with E-state index in [9.17, 15) is 5.11 Å². The van der Waals surface area contributed by atoms with Crippen molar-refractivity contribution in [3.05, 3.63) is 29.5 Å². The van der Waals surface area contributed by atoms with Crippen LogP contribution in [-0.4, -0.2) is 34.2 Å². The number of furan rings is 1. The summed E-state index contributed by atoms with van der Waals surface area (Å²) in [4.78, 5) is 7.07. The Hall–Kier alpha value is -1.17. The van der Waals surface area contributed by atoms with Gasteiger partial charge in [-0.05, 0) is 37.8 Å². The highest BCUT2D eigenvalue weighted by Gasteiger charge is 2.25. The van der Waals surface area contributed by atoms with E-state index >= 15 is 0 Å². The molecule has 2 atom stereocenters. The number of piperidine rings is 1. The summed E-state index contributed by atoms with van der Waals surface area (Å²) in [5.41, 5.74) is 1.09. The maximum atomic E-state index is 9.34. The topological polar surface area (TPSA) is 49.5 Å². The number of aliphatic hydroxyl groups excluding tert-OH is 1. The molecule has 0 aliphatic carbocycles. The molecule has 4 nitrogen and oxygen atoms in total. The molecule has 108 valence electrons. The van der Waals surface area contributed by atoms with Gasteiger partial charge in [0.05, 0.1) is 12.0 Å². The number of rotatable bonds is 4. The van der Waals surface area contributed by atoms with Gasteiger partial charge in [0, 0.05) is 31.1 Å². The van der Waals surface area contributed by atoms with Gasteiger partial charge >= 0.3 is 0 Å². The number of thiazole rings is 1. The number of likely N-dealkylation sites (tertiary alicyclic amines) is 1. The van der Waals surface area contributed by atoms with Gasteiger partial charge in [-0.25, -0.2) is 4.98 Å². The highest BCUT2D eigenvalue weighted by Crippen LogP contribution is 2.27. The summed E-state index contributed by atoms with van der Waals surface area (Å²) in [5.74, 6) is 1.25. The molecule has 1 N–H and O–H groups in total. The molecule has 0 spiro atoms. The van der Waals surface area contributed by atoms with Gasteiger partial charge in [-0.1, -0.05) is 0 Å². The van der Waals surface area contributed by atoms with Crippen LogP contribution in [-0.2, 0) is 6.54 Å².